The average Bonchev–Trinajstić information content (AvgIpc) is 2.66. The van der Waals surface area contributed by atoms with Crippen molar-refractivity contribution in [1.82, 2.24) is 20.4 Å². The predicted octanol–water partition coefficient (Wildman–Crippen LogP) is 0.613. The van der Waals surface area contributed by atoms with Crippen molar-refractivity contribution in [2.24, 2.45) is 16.6 Å². The Morgan fingerprint density at radius 3 is 2.58 bits per heavy atom. The third-order valence-corrected chi connectivity index (χ3v) is 5.54. The Balaban J connectivity index is 1.60. The highest BCUT2D eigenvalue weighted by atomic mass is 16.1. The van der Waals surface area contributed by atoms with Crippen molar-refractivity contribution in [3.8, 4) is 0 Å². The number of piperidine rings is 2. The van der Waals surface area contributed by atoms with Crippen molar-refractivity contribution in [2.45, 2.75) is 51.5 Å². The van der Waals surface area contributed by atoms with Gasteiger partial charge in [0.15, 0.2) is 5.96 Å². The molecule has 0 radical (unpaired) electrons. The van der Waals surface area contributed by atoms with Gasteiger partial charge in [0.05, 0.1) is 5.92 Å². The number of likely N-dealkylation sites (tertiary alicyclic amines) is 2. The summed E-state index contributed by atoms with van der Waals surface area (Å²) in [6, 6.07) is 0.521. The summed E-state index contributed by atoms with van der Waals surface area (Å²) in [4.78, 5) is 20.6. The van der Waals surface area contributed by atoms with E-state index in [1.165, 1.54) is 38.9 Å². The molecule has 150 valence electrons. The number of guanidine groups is 1. The van der Waals surface area contributed by atoms with E-state index in [9.17, 15) is 4.79 Å². The van der Waals surface area contributed by atoms with Crippen LogP contribution in [0.4, 0.5) is 0 Å². The molecule has 7 heteroatoms. The molecule has 0 aromatic rings. The van der Waals surface area contributed by atoms with E-state index in [1.54, 1.807) is 0 Å². The molecule has 0 bridgehead atoms. The largest absolute Gasteiger partial charge is 0.369 e. The van der Waals surface area contributed by atoms with E-state index in [0.717, 1.165) is 51.4 Å². The lowest BCUT2D eigenvalue weighted by Crippen LogP contribution is -2.49. The van der Waals surface area contributed by atoms with E-state index in [-0.39, 0.29) is 11.8 Å². The second-order valence-corrected chi connectivity index (χ2v) is 7.65. The Labute approximate surface area is 158 Å². The Morgan fingerprint density at radius 1 is 1.15 bits per heavy atom. The molecule has 7 nitrogen and oxygen atoms in total. The van der Waals surface area contributed by atoms with Crippen LogP contribution < -0.4 is 16.4 Å². The quantitative estimate of drug-likeness (QED) is 0.333. The molecule has 0 aromatic carbocycles. The van der Waals surface area contributed by atoms with Gasteiger partial charge < -0.3 is 26.2 Å². The lowest BCUT2D eigenvalue weighted by atomic mass is 9.97. The van der Waals surface area contributed by atoms with Crippen LogP contribution in [-0.4, -0.2) is 80.6 Å². The van der Waals surface area contributed by atoms with Crippen molar-refractivity contribution in [3.05, 3.63) is 0 Å². The third-order valence-electron chi connectivity index (χ3n) is 5.54. The van der Waals surface area contributed by atoms with Gasteiger partial charge in [0.1, 0.15) is 0 Å². The summed E-state index contributed by atoms with van der Waals surface area (Å²) in [7, 11) is 1.84. The summed E-state index contributed by atoms with van der Waals surface area (Å²) < 4.78 is 0. The van der Waals surface area contributed by atoms with E-state index >= 15 is 0 Å². The summed E-state index contributed by atoms with van der Waals surface area (Å²) in [6.07, 6.45) is 6.66. The van der Waals surface area contributed by atoms with Crippen LogP contribution in [0.1, 0.15) is 45.4 Å². The normalized spacial score (nSPS) is 23.8. The summed E-state index contributed by atoms with van der Waals surface area (Å²) in [5, 5.41) is 7.00. The van der Waals surface area contributed by atoms with Crippen LogP contribution in [0.2, 0.25) is 0 Å². The van der Waals surface area contributed by atoms with Crippen molar-refractivity contribution in [3.63, 3.8) is 0 Å². The molecule has 4 N–H and O–H groups in total. The molecule has 0 spiro atoms. The first-order valence-electron chi connectivity index (χ1n) is 10.3. The standard InChI is InChI=1S/C19H38N6O/c1-3-10-24-13-7-17(8-14-24)23-19(21-2)22-9-5-12-25-11-4-6-16(15-25)18(20)26/h16-17H,3-15H2,1-2H3,(H2,20,26)(H2,21,22,23). The second kappa shape index (κ2) is 11.4. The molecule has 2 heterocycles. The first-order valence-corrected chi connectivity index (χ1v) is 10.3. The molecule has 2 rings (SSSR count). The van der Waals surface area contributed by atoms with Crippen LogP contribution in [0.3, 0.4) is 0 Å². The van der Waals surface area contributed by atoms with E-state index in [0.29, 0.717) is 6.04 Å². The van der Waals surface area contributed by atoms with Gasteiger partial charge >= 0.3 is 0 Å². The first-order chi connectivity index (χ1) is 12.6. The van der Waals surface area contributed by atoms with Crippen LogP contribution in [0, 0.1) is 5.92 Å². The number of nitrogens with two attached hydrogens (primary N) is 1. The molecule has 2 saturated heterocycles. The zero-order valence-electron chi connectivity index (χ0n) is 16.7. The zero-order chi connectivity index (χ0) is 18.8. The molecule has 1 unspecified atom stereocenters. The number of nitrogens with zero attached hydrogens (tertiary/aromatic N) is 3. The highest BCUT2D eigenvalue weighted by Gasteiger charge is 2.23. The number of nitrogens with one attached hydrogen (secondary N) is 2. The average molecular weight is 367 g/mol. The second-order valence-electron chi connectivity index (χ2n) is 7.65. The maximum atomic E-state index is 11.4. The molecular weight excluding hydrogens is 328 g/mol. The molecule has 2 aliphatic heterocycles. The van der Waals surface area contributed by atoms with Crippen LogP contribution in [0.5, 0.6) is 0 Å². The van der Waals surface area contributed by atoms with Gasteiger partial charge in [-0.2, -0.15) is 0 Å². The van der Waals surface area contributed by atoms with Gasteiger partial charge in [-0.25, -0.2) is 0 Å². The van der Waals surface area contributed by atoms with Gasteiger partial charge in [-0.1, -0.05) is 6.92 Å². The maximum absolute atomic E-state index is 11.4. The Bertz CT molecular complexity index is 447. The number of primary amides is 1. The SMILES string of the molecule is CCCN1CCC(NC(=NC)NCCCN2CCCC(C(N)=O)C2)CC1. The monoisotopic (exact) mass is 366 g/mol. The van der Waals surface area contributed by atoms with Crippen molar-refractivity contribution >= 4 is 11.9 Å². The Kier molecular flexibility index (Phi) is 9.18. The van der Waals surface area contributed by atoms with Gasteiger partial charge in [-0.05, 0) is 58.2 Å². The van der Waals surface area contributed by atoms with E-state index < -0.39 is 0 Å². The van der Waals surface area contributed by atoms with Crippen LogP contribution in [0.15, 0.2) is 4.99 Å². The molecule has 2 fully saturated rings. The molecule has 0 aliphatic carbocycles. The van der Waals surface area contributed by atoms with E-state index in [4.69, 9.17) is 5.73 Å². The lowest BCUT2D eigenvalue weighted by Gasteiger charge is -2.33. The van der Waals surface area contributed by atoms with Crippen LogP contribution in [0.25, 0.3) is 0 Å². The summed E-state index contributed by atoms with van der Waals surface area (Å²) in [5.41, 5.74) is 5.45. The number of amides is 1. The Hall–Kier alpha value is -1.34. The molecule has 0 saturated carbocycles. The molecule has 1 atom stereocenters. The molecule has 0 aromatic heterocycles. The highest BCUT2D eigenvalue weighted by molar-refractivity contribution is 5.79. The zero-order valence-corrected chi connectivity index (χ0v) is 16.7. The van der Waals surface area contributed by atoms with Crippen LogP contribution in [-0.2, 0) is 4.79 Å². The predicted molar refractivity (Wildman–Crippen MR) is 107 cm³/mol. The minimum atomic E-state index is -0.151. The number of carbonyl (C=O) groups is 1. The topological polar surface area (TPSA) is 86.0 Å². The highest BCUT2D eigenvalue weighted by Crippen LogP contribution is 2.16. The molecule has 26 heavy (non-hydrogen) atoms. The fraction of sp³-hybridized carbons (Fsp3) is 0.895. The minimum Gasteiger partial charge on any atom is -0.369 e. The number of hydrogen-bond acceptors (Lipinski definition) is 4. The van der Waals surface area contributed by atoms with E-state index in [1.807, 2.05) is 7.05 Å². The lowest BCUT2D eigenvalue weighted by molar-refractivity contribution is -0.123. The number of aliphatic imine (C=N–C) groups is 1. The van der Waals surface area contributed by atoms with Gasteiger partial charge in [-0.3, -0.25) is 9.79 Å². The van der Waals surface area contributed by atoms with Gasteiger partial charge in [-0.15, -0.1) is 0 Å². The Morgan fingerprint density at radius 2 is 1.92 bits per heavy atom. The van der Waals surface area contributed by atoms with Crippen LogP contribution >= 0.6 is 0 Å². The van der Waals surface area contributed by atoms with Gasteiger partial charge in [0, 0.05) is 39.3 Å². The summed E-state index contributed by atoms with van der Waals surface area (Å²) in [5.74, 6) is 0.791. The van der Waals surface area contributed by atoms with Crippen molar-refractivity contribution in [2.75, 3.05) is 52.9 Å². The van der Waals surface area contributed by atoms with Gasteiger partial charge in [0.25, 0.3) is 0 Å². The number of carbonyl (C=O) groups excluding carboxylic acids is 1. The number of hydrogen-bond donors (Lipinski definition) is 3. The molecule has 1 amide bonds. The minimum absolute atomic E-state index is 0.0321. The first kappa shape index (κ1) is 21.0. The summed E-state index contributed by atoms with van der Waals surface area (Å²) >= 11 is 0. The third kappa shape index (κ3) is 7.11. The van der Waals surface area contributed by atoms with Crippen molar-refractivity contribution in [1.29, 1.82) is 0 Å². The summed E-state index contributed by atoms with van der Waals surface area (Å²) in [6.45, 7) is 9.61. The fourth-order valence-electron chi connectivity index (χ4n) is 4.01. The van der Waals surface area contributed by atoms with Gasteiger partial charge in [0.2, 0.25) is 5.91 Å². The maximum Gasteiger partial charge on any atom is 0.221 e. The smallest absolute Gasteiger partial charge is 0.221 e. The number of rotatable bonds is 8. The van der Waals surface area contributed by atoms with E-state index in [2.05, 4.69) is 32.3 Å². The molecular formula is C19H38N6O. The fourth-order valence-corrected chi connectivity index (χ4v) is 4.01. The molecule has 2 aliphatic rings. The van der Waals surface area contributed by atoms with Crippen molar-refractivity contribution < 1.29 is 4.79 Å².